The van der Waals surface area contributed by atoms with Gasteiger partial charge in [-0.3, -0.25) is 0 Å². The minimum atomic E-state index is 0.239. The Hall–Kier alpha value is -1.14. The number of hydrogen-bond donors (Lipinski definition) is 1. The summed E-state index contributed by atoms with van der Waals surface area (Å²) >= 11 is 3.35. The fraction of sp³-hybridized carbons (Fsp3) is 0.455. The minimum Gasteiger partial charge on any atom is -0.393 e. The van der Waals surface area contributed by atoms with Gasteiger partial charge in [0.1, 0.15) is 23.1 Å². The Bertz CT molecular complexity index is 460. The van der Waals surface area contributed by atoms with Gasteiger partial charge < -0.3 is 14.9 Å². The molecule has 6 heteroatoms. The lowest BCUT2D eigenvalue weighted by Gasteiger charge is -2.18. The average Bonchev–Trinajstić information content (AvgIpc) is 3.13. The van der Waals surface area contributed by atoms with Crippen molar-refractivity contribution in [1.82, 2.24) is 4.98 Å². The van der Waals surface area contributed by atoms with Gasteiger partial charge in [0.15, 0.2) is 0 Å². The second-order valence-corrected chi connectivity index (χ2v) is 4.81. The van der Waals surface area contributed by atoms with Gasteiger partial charge in [0, 0.05) is 18.5 Å². The number of rotatable bonds is 3. The molecule has 17 heavy (non-hydrogen) atoms. The summed E-state index contributed by atoms with van der Waals surface area (Å²) in [6.45, 7) is 2.16. The zero-order valence-electron chi connectivity index (χ0n) is 9.15. The number of epoxide rings is 1. The van der Waals surface area contributed by atoms with Crippen LogP contribution in [0.2, 0.25) is 0 Å². The van der Waals surface area contributed by atoms with E-state index in [1.807, 2.05) is 12.1 Å². The number of fused-ring (bicyclic) bond motifs is 1. The van der Waals surface area contributed by atoms with Gasteiger partial charge in [-0.1, -0.05) is 5.16 Å². The van der Waals surface area contributed by atoms with E-state index in [0.29, 0.717) is 6.61 Å². The van der Waals surface area contributed by atoms with Crippen molar-refractivity contribution < 1.29 is 9.57 Å². The van der Waals surface area contributed by atoms with Crippen LogP contribution >= 0.6 is 15.9 Å². The van der Waals surface area contributed by atoms with E-state index in [1.54, 1.807) is 0 Å². The molecule has 1 aromatic rings. The molecule has 0 unspecified atom stereocenters. The Kier molecular flexibility index (Phi) is 2.98. The molecule has 1 fully saturated rings. The van der Waals surface area contributed by atoms with Gasteiger partial charge in [0.2, 0.25) is 0 Å². The number of aromatic nitrogens is 1. The first kappa shape index (κ1) is 11.0. The van der Waals surface area contributed by atoms with Gasteiger partial charge >= 0.3 is 0 Å². The molecule has 2 aliphatic heterocycles. The molecule has 5 nitrogen and oxygen atoms in total. The molecule has 0 spiro atoms. The Balaban J connectivity index is 1.77. The van der Waals surface area contributed by atoms with Crippen molar-refractivity contribution in [2.45, 2.75) is 12.5 Å². The summed E-state index contributed by atoms with van der Waals surface area (Å²) in [5.41, 5.74) is 1.95. The van der Waals surface area contributed by atoms with Crippen LogP contribution < -0.4 is 5.32 Å². The summed E-state index contributed by atoms with van der Waals surface area (Å²) in [6.07, 6.45) is 1.09. The molecule has 1 aromatic heterocycles. The number of pyridine rings is 1. The van der Waals surface area contributed by atoms with Gasteiger partial charge in [0.25, 0.3) is 0 Å². The number of ether oxygens (including phenoxy) is 1. The molecular formula is C11H12BrN3O2. The zero-order valence-corrected chi connectivity index (χ0v) is 10.7. The molecule has 1 saturated heterocycles. The number of anilines is 1. The zero-order chi connectivity index (χ0) is 11.7. The Morgan fingerprint density at radius 3 is 3.29 bits per heavy atom. The summed E-state index contributed by atoms with van der Waals surface area (Å²) in [6, 6.07) is 3.90. The topological polar surface area (TPSA) is 59.0 Å². The summed E-state index contributed by atoms with van der Waals surface area (Å²) in [4.78, 5) is 9.64. The van der Waals surface area contributed by atoms with Crippen LogP contribution in [0, 0.1) is 0 Å². The van der Waals surface area contributed by atoms with Crippen LogP contribution in [-0.4, -0.2) is 36.6 Å². The maximum atomic E-state index is 5.28. The summed E-state index contributed by atoms with van der Waals surface area (Å²) in [7, 11) is 0. The van der Waals surface area contributed by atoms with Crippen LogP contribution in [0.3, 0.4) is 0 Å². The van der Waals surface area contributed by atoms with E-state index in [0.717, 1.165) is 41.3 Å². The van der Waals surface area contributed by atoms with E-state index in [1.165, 1.54) is 0 Å². The average molecular weight is 298 g/mol. The maximum Gasteiger partial charge on any atom is 0.145 e. The Morgan fingerprint density at radius 2 is 2.47 bits per heavy atom. The van der Waals surface area contributed by atoms with Gasteiger partial charge in [-0.25, -0.2) is 4.98 Å². The highest BCUT2D eigenvalue weighted by Crippen LogP contribution is 2.22. The third-order valence-electron chi connectivity index (χ3n) is 2.66. The second kappa shape index (κ2) is 4.62. The highest BCUT2D eigenvalue weighted by atomic mass is 79.9. The van der Waals surface area contributed by atoms with Gasteiger partial charge in [-0.2, -0.15) is 0 Å². The van der Waals surface area contributed by atoms with Crippen molar-refractivity contribution in [3.8, 4) is 0 Å². The minimum absolute atomic E-state index is 0.239. The van der Waals surface area contributed by atoms with Crippen LogP contribution in [0.15, 0.2) is 21.9 Å². The third kappa shape index (κ3) is 2.58. The molecule has 0 amide bonds. The molecule has 0 radical (unpaired) electrons. The molecule has 3 rings (SSSR count). The monoisotopic (exact) mass is 297 g/mol. The normalized spacial score (nSPS) is 24.1. The lowest BCUT2D eigenvalue weighted by atomic mass is 10.1. The van der Waals surface area contributed by atoms with Crippen molar-refractivity contribution >= 4 is 27.5 Å². The fourth-order valence-corrected chi connectivity index (χ4v) is 2.00. The van der Waals surface area contributed by atoms with E-state index in [2.05, 4.69) is 31.4 Å². The molecule has 90 valence electrons. The highest BCUT2D eigenvalue weighted by Gasteiger charge is 2.23. The van der Waals surface area contributed by atoms with Crippen LogP contribution in [0.1, 0.15) is 12.0 Å². The van der Waals surface area contributed by atoms with Crippen LogP contribution in [0.4, 0.5) is 5.82 Å². The first-order valence-electron chi connectivity index (χ1n) is 5.54. The van der Waals surface area contributed by atoms with Crippen LogP contribution in [0.5, 0.6) is 0 Å². The molecule has 0 saturated carbocycles. The smallest absolute Gasteiger partial charge is 0.145 e. The Morgan fingerprint density at radius 1 is 1.59 bits per heavy atom. The third-order valence-corrected chi connectivity index (χ3v) is 3.11. The second-order valence-electron chi connectivity index (χ2n) is 4.00. The molecule has 0 aromatic carbocycles. The van der Waals surface area contributed by atoms with Crippen molar-refractivity contribution in [3.63, 3.8) is 0 Å². The number of nitrogens with zero attached hydrogens (tertiary/aromatic N) is 2. The number of oxime groups is 1. The summed E-state index contributed by atoms with van der Waals surface area (Å²) in [5.74, 6) is 0.857. The molecule has 2 aliphatic rings. The van der Waals surface area contributed by atoms with Crippen LogP contribution in [-0.2, 0) is 9.57 Å². The molecule has 0 aliphatic carbocycles. The largest absolute Gasteiger partial charge is 0.393 e. The van der Waals surface area contributed by atoms with Crippen molar-refractivity contribution in [2.24, 2.45) is 5.16 Å². The van der Waals surface area contributed by atoms with E-state index in [-0.39, 0.29) is 6.10 Å². The van der Waals surface area contributed by atoms with Gasteiger partial charge in [-0.15, -0.1) is 0 Å². The van der Waals surface area contributed by atoms with Crippen molar-refractivity contribution in [1.29, 1.82) is 0 Å². The SMILES string of the molecule is Brc1ccc2c(n1)NCC/C2=N/OC[C@@H]1CO1. The summed E-state index contributed by atoms with van der Waals surface area (Å²) < 4.78 is 5.87. The number of halogens is 1. The summed E-state index contributed by atoms with van der Waals surface area (Å²) in [5, 5.41) is 7.42. The van der Waals surface area contributed by atoms with Crippen LogP contribution in [0.25, 0.3) is 0 Å². The molecule has 1 N–H and O–H groups in total. The fourth-order valence-electron chi connectivity index (χ4n) is 1.69. The Labute approximate surface area is 107 Å². The first-order valence-corrected chi connectivity index (χ1v) is 6.33. The van der Waals surface area contributed by atoms with E-state index < -0.39 is 0 Å². The van der Waals surface area contributed by atoms with E-state index in [4.69, 9.17) is 9.57 Å². The van der Waals surface area contributed by atoms with E-state index >= 15 is 0 Å². The molecular weight excluding hydrogens is 286 g/mol. The standard InChI is InChI=1S/C11H12BrN3O2/c12-10-2-1-8-9(3-4-13-11(8)14-10)15-17-6-7-5-16-7/h1-2,7H,3-6H2,(H,13,14)/b15-9-/t7-/m0/s1. The first-order chi connectivity index (χ1) is 8.33. The van der Waals surface area contributed by atoms with E-state index in [9.17, 15) is 0 Å². The highest BCUT2D eigenvalue weighted by molar-refractivity contribution is 9.10. The lowest BCUT2D eigenvalue weighted by molar-refractivity contribution is 0.124. The quantitative estimate of drug-likeness (QED) is 0.525. The molecule has 3 heterocycles. The predicted molar refractivity (Wildman–Crippen MR) is 67.3 cm³/mol. The number of hydrogen-bond acceptors (Lipinski definition) is 5. The van der Waals surface area contributed by atoms with Crippen molar-refractivity contribution in [3.05, 3.63) is 22.3 Å². The van der Waals surface area contributed by atoms with Crippen molar-refractivity contribution in [2.75, 3.05) is 25.1 Å². The molecule has 1 atom stereocenters. The van der Waals surface area contributed by atoms with Gasteiger partial charge in [-0.05, 0) is 28.1 Å². The predicted octanol–water partition coefficient (Wildman–Crippen LogP) is 1.78. The maximum absolute atomic E-state index is 5.28. The van der Waals surface area contributed by atoms with Gasteiger partial charge in [0.05, 0.1) is 12.3 Å². The lowest BCUT2D eigenvalue weighted by Crippen LogP contribution is -2.20. The molecule has 0 bridgehead atoms. The number of nitrogens with one attached hydrogen (secondary N) is 1.